The van der Waals surface area contributed by atoms with E-state index in [0.29, 0.717) is 6.10 Å². The molecule has 2 atom stereocenters. The van der Waals surface area contributed by atoms with E-state index in [9.17, 15) is 0 Å². The highest BCUT2D eigenvalue weighted by Crippen LogP contribution is 2.27. The average molecular weight is 285 g/mol. The third-order valence-corrected chi connectivity index (χ3v) is 4.28. The second-order valence-electron chi connectivity index (χ2n) is 5.71. The minimum atomic E-state index is 0.144. The van der Waals surface area contributed by atoms with Gasteiger partial charge in [-0.25, -0.2) is 0 Å². The van der Waals surface area contributed by atoms with Gasteiger partial charge in [-0.05, 0) is 43.7 Å². The first-order valence-corrected chi connectivity index (χ1v) is 7.80. The lowest BCUT2D eigenvalue weighted by molar-refractivity contribution is 0.101. The van der Waals surface area contributed by atoms with Crippen molar-refractivity contribution in [1.82, 2.24) is 10.4 Å². The maximum Gasteiger partial charge on any atom is 0.0750 e. The number of nitrogens with two attached hydrogens (primary N) is 1. The summed E-state index contributed by atoms with van der Waals surface area (Å²) < 4.78 is 5.68. The number of pyridine rings is 1. The molecule has 1 aromatic heterocycles. The SMILES string of the molecule is NNC(CCCC1CCCO1)c1cccc2cccnc12. The van der Waals surface area contributed by atoms with Crippen LogP contribution < -0.4 is 11.3 Å². The lowest BCUT2D eigenvalue weighted by atomic mass is 9.97. The Kier molecular flexibility index (Phi) is 4.80. The van der Waals surface area contributed by atoms with Crippen molar-refractivity contribution in [2.45, 2.75) is 44.2 Å². The molecule has 112 valence electrons. The first-order chi connectivity index (χ1) is 10.4. The summed E-state index contributed by atoms with van der Waals surface area (Å²) in [5.41, 5.74) is 5.18. The van der Waals surface area contributed by atoms with Crippen LogP contribution in [0.25, 0.3) is 10.9 Å². The molecule has 0 radical (unpaired) electrons. The minimum Gasteiger partial charge on any atom is -0.378 e. The standard InChI is InChI=1S/C17H23N3O/c18-20-16(10-2-7-14-8-4-12-21-14)15-9-1-5-13-6-3-11-19-17(13)15/h1,3,5-6,9,11,14,16,20H,2,4,7-8,10,12,18H2. The van der Waals surface area contributed by atoms with E-state index in [2.05, 4.69) is 34.7 Å². The number of hydrogen-bond donors (Lipinski definition) is 2. The number of ether oxygens (including phenoxy) is 1. The summed E-state index contributed by atoms with van der Waals surface area (Å²) in [7, 11) is 0. The molecule has 3 N–H and O–H groups in total. The lowest BCUT2D eigenvalue weighted by Crippen LogP contribution is -2.28. The number of nitrogens with zero attached hydrogens (tertiary/aromatic N) is 1. The van der Waals surface area contributed by atoms with Crippen LogP contribution in [0.2, 0.25) is 0 Å². The monoisotopic (exact) mass is 285 g/mol. The van der Waals surface area contributed by atoms with Crippen LogP contribution in [0.5, 0.6) is 0 Å². The van der Waals surface area contributed by atoms with E-state index in [1.165, 1.54) is 18.4 Å². The van der Waals surface area contributed by atoms with Gasteiger partial charge >= 0.3 is 0 Å². The largest absolute Gasteiger partial charge is 0.378 e. The van der Waals surface area contributed by atoms with Gasteiger partial charge in [0, 0.05) is 24.2 Å². The van der Waals surface area contributed by atoms with Crippen LogP contribution in [0.3, 0.4) is 0 Å². The molecule has 0 amide bonds. The number of hydrogen-bond acceptors (Lipinski definition) is 4. The highest BCUT2D eigenvalue weighted by Gasteiger charge is 2.17. The zero-order chi connectivity index (χ0) is 14.5. The maximum atomic E-state index is 5.78. The predicted molar refractivity (Wildman–Crippen MR) is 84.6 cm³/mol. The van der Waals surface area contributed by atoms with E-state index in [1.54, 1.807) is 0 Å². The molecule has 0 bridgehead atoms. The number of nitrogens with one attached hydrogen (secondary N) is 1. The summed E-state index contributed by atoms with van der Waals surface area (Å²) in [5.74, 6) is 5.78. The molecule has 21 heavy (non-hydrogen) atoms. The van der Waals surface area contributed by atoms with Crippen molar-refractivity contribution in [3.05, 3.63) is 42.1 Å². The molecule has 2 aromatic rings. The van der Waals surface area contributed by atoms with Gasteiger partial charge in [-0.15, -0.1) is 0 Å². The molecule has 2 unspecified atom stereocenters. The van der Waals surface area contributed by atoms with Crippen molar-refractivity contribution in [1.29, 1.82) is 0 Å². The average Bonchev–Trinajstić information content (AvgIpc) is 3.05. The molecule has 1 saturated heterocycles. The van der Waals surface area contributed by atoms with Crippen molar-refractivity contribution in [3.8, 4) is 0 Å². The number of rotatable bonds is 6. The van der Waals surface area contributed by atoms with Crippen molar-refractivity contribution in [3.63, 3.8) is 0 Å². The van der Waals surface area contributed by atoms with Crippen LogP contribution in [-0.2, 0) is 4.74 Å². The van der Waals surface area contributed by atoms with E-state index in [0.717, 1.165) is 36.8 Å². The Hall–Kier alpha value is -1.49. The number of benzene rings is 1. The number of fused-ring (bicyclic) bond motifs is 1. The van der Waals surface area contributed by atoms with Crippen molar-refractivity contribution >= 4 is 10.9 Å². The molecule has 3 rings (SSSR count). The van der Waals surface area contributed by atoms with Gasteiger partial charge in [0.15, 0.2) is 0 Å². The fourth-order valence-corrected chi connectivity index (χ4v) is 3.16. The fourth-order valence-electron chi connectivity index (χ4n) is 3.16. The topological polar surface area (TPSA) is 60.2 Å². The first-order valence-electron chi connectivity index (χ1n) is 7.80. The minimum absolute atomic E-state index is 0.144. The van der Waals surface area contributed by atoms with Crippen molar-refractivity contribution in [2.24, 2.45) is 5.84 Å². The summed E-state index contributed by atoms with van der Waals surface area (Å²) >= 11 is 0. The Labute approximate surface area is 125 Å². The van der Waals surface area contributed by atoms with Gasteiger partial charge in [0.25, 0.3) is 0 Å². The fraction of sp³-hybridized carbons (Fsp3) is 0.471. The van der Waals surface area contributed by atoms with Gasteiger partial charge in [-0.2, -0.15) is 0 Å². The molecule has 2 heterocycles. The van der Waals surface area contributed by atoms with Crippen LogP contribution in [0.15, 0.2) is 36.5 Å². The van der Waals surface area contributed by atoms with E-state index in [4.69, 9.17) is 10.6 Å². The summed E-state index contributed by atoms with van der Waals surface area (Å²) in [4.78, 5) is 4.52. The molecule has 0 saturated carbocycles. The molecule has 4 heteroatoms. The molecular formula is C17H23N3O. The zero-order valence-electron chi connectivity index (χ0n) is 12.3. The lowest BCUT2D eigenvalue weighted by Gasteiger charge is -2.18. The molecule has 4 nitrogen and oxygen atoms in total. The van der Waals surface area contributed by atoms with Gasteiger partial charge in [-0.1, -0.05) is 24.3 Å². The maximum absolute atomic E-state index is 5.78. The third-order valence-electron chi connectivity index (χ3n) is 4.28. The van der Waals surface area contributed by atoms with Crippen LogP contribution in [0.1, 0.15) is 43.7 Å². The smallest absolute Gasteiger partial charge is 0.0750 e. The van der Waals surface area contributed by atoms with E-state index < -0.39 is 0 Å². The first kappa shape index (κ1) is 14.4. The van der Waals surface area contributed by atoms with Crippen LogP contribution >= 0.6 is 0 Å². The Morgan fingerprint density at radius 1 is 1.33 bits per heavy atom. The number of hydrazine groups is 1. The van der Waals surface area contributed by atoms with E-state index in [1.807, 2.05) is 12.3 Å². The summed E-state index contributed by atoms with van der Waals surface area (Å²) in [6, 6.07) is 10.5. The number of para-hydroxylation sites is 1. The summed E-state index contributed by atoms with van der Waals surface area (Å²) in [6.45, 7) is 0.927. The van der Waals surface area contributed by atoms with Gasteiger partial charge in [-0.3, -0.25) is 16.3 Å². The molecule has 0 spiro atoms. The van der Waals surface area contributed by atoms with Gasteiger partial charge in [0.2, 0.25) is 0 Å². The van der Waals surface area contributed by atoms with Crippen molar-refractivity contribution in [2.75, 3.05) is 6.61 Å². The van der Waals surface area contributed by atoms with Crippen LogP contribution in [-0.4, -0.2) is 17.7 Å². The summed E-state index contributed by atoms with van der Waals surface area (Å²) in [6.07, 6.45) is 7.94. The molecule has 1 aliphatic heterocycles. The highest BCUT2D eigenvalue weighted by atomic mass is 16.5. The quantitative estimate of drug-likeness (QED) is 0.632. The molecule has 0 aliphatic carbocycles. The van der Waals surface area contributed by atoms with Gasteiger partial charge in [0.1, 0.15) is 0 Å². The molecule has 1 aromatic carbocycles. The number of aromatic nitrogens is 1. The summed E-state index contributed by atoms with van der Waals surface area (Å²) in [5, 5.41) is 1.16. The highest BCUT2D eigenvalue weighted by molar-refractivity contribution is 5.81. The van der Waals surface area contributed by atoms with E-state index in [-0.39, 0.29) is 6.04 Å². The van der Waals surface area contributed by atoms with Crippen LogP contribution in [0.4, 0.5) is 0 Å². The predicted octanol–water partition coefficient (Wildman–Crippen LogP) is 3.09. The third kappa shape index (κ3) is 3.40. The van der Waals surface area contributed by atoms with Gasteiger partial charge in [0.05, 0.1) is 11.6 Å². The Morgan fingerprint density at radius 3 is 3.05 bits per heavy atom. The second-order valence-corrected chi connectivity index (χ2v) is 5.71. The zero-order valence-corrected chi connectivity index (χ0v) is 12.3. The van der Waals surface area contributed by atoms with Crippen molar-refractivity contribution < 1.29 is 4.74 Å². The Bertz CT molecular complexity index is 576. The Morgan fingerprint density at radius 2 is 2.24 bits per heavy atom. The Balaban J connectivity index is 1.69. The molecule has 1 fully saturated rings. The molecular weight excluding hydrogens is 262 g/mol. The second kappa shape index (κ2) is 6.98. The van der Waals surface area contributed by atoms with Gasteiger partial charge < -0.3 is 4.74 Å². The molecule has 1 aliphatic rings. The van der Waals surface area contributed by atoms with E-state index >= 15 is 0 Å². The van der Waals surface area contributed by atoms with Crippen LogP contribution in [0, 0.1) is 0 Å². The normalized spacial score (nSPS) is 20.0.